The molecular formula is C15H10N2O4S. The predicted molar refractivity (Wildman–Crippen MR) is 82.1 cm³/mol. The molecular weight excluding hydrogens is 304 g/mol. The van der Waals surface area contributed by atoms with E-state index >= 15 is 0 Å². The molecule has 2 aromatic rings. The largest absolute Gasteiger partial charge is 0.480 e. The summed E-state index contributed by atoms with van der Waals surface area (Å²) in [6.45, 7) is -0.632. The molecule has 7 heteroatoms. The van der Waals surface area contributed by atoms with Gasteiger partial charge < -0.3 is 5.11 Å². The minimum absolute atomic E-state index is 0.175. The highest BCUT2D eigenvalue weighted by Gasteiger charge is 2.36. The number of thioether (sulfide) groups is 1. The van der Waals surface area contributed by atoms with E-state index in [4.69, 9.17) is 5.11 Å². The zero-order chi connectivity index (χ0) is 15.7. The summed E-state index contributed by atoms with van der Waals surface area (Å²) in [4.78, 5) is 39.7. The minimum Gasteiger partial charge on any atom is -0.480 e. The molecule has 0 radical (unpaired) electrons. The van der Waals surface area contributed by atoms with Crippen molar-refractivity contribution < 1.29 is 19.5 Å². The van der Waals surface area contributed by atoms with Gasteiger partial charge in [0, 0.05) is 5.39 Å². The van der Waals surface area contributed by atoms with Crippen LogP contribution in [0.2, 0.25) is 0 Å². The Morgan fingerprint density at radius 3 is 2.77 bits per heavy atom. The summed E-state index contributed by atoms with van der Waals surface area (Å²) in [5.41, 5.74) is 1.32. The quantitative estimate of drug-likeness (QED) is 0.875. The first-order chi connectivity index (χ1) is 10.5. The molecule has 1 aliphatic heterocycles. The maximum Gasteiger partial charge on any atom is 0.323 e. The SMILES string of the molecule is O=C(O)CN1C(=O)S/C(=C\c2ccc3ccccc3n2)C1=O. The minimum atomic E-state index is -1.23. The van der Waals surface area contributed by atoms with Gasteiger partial charge in [-0.25, -0.2) is 4.98 Å². The Balaban J connectivity index is 1.92. The lowest BCUT2D eigenvalue weighted by Crippen LogP contribution is -2.33. The van der Waals surface area contributed by atoms with Crippen molar-refractivity contribution in [3.8, 4) is 0 Å². The van der Waals surface area contributed by atoms with Crippen LogP contribution in [0.5, 0.6) is 0 Å². The number of fused-ring (bicyclic) bond motifs is 1. The van der Waals surface area contributed by atoms with Crippen LogP contribution in [0.3, 0.4) is 0 Å². The number of pyridine rings is 1. The molecule has 1 saturated heterocycles. The van der Waals surface area contributed by atoms with Crippen LogP contribution in [0.1, 0.15) is 5.69 Å². The Bertz CT molecular complexity index is 831. The van der Waals surface area contributed by atoms with Gasteiger partial charge in [-0.2, -0.15) is 0 Å². The lowest BCUT2D eigenvalue weighted by atomic mass is 10.2. The van der Waals surface area contributed by atoms with E-state index in [1.165, 1.54) is 6.08 Å². The van der Waals surface area contributed by atoms with E-state index in [0.717, 1.165) is 22.7 Å². The molecule has 3 rings (SSSR count). The van der Waals surface area contributed by atoms with E-state index < -0.39 is 23.7 Å². The van der Waals surface area contributed by atoms with Crippen LogP contribution < -0.4 is 0 Å². The number of carbonyl (C=O) groups excluding carboxylic acids is 2. The average molecular weight is 314 g/mol. The van der Waals surface area contributed by atoms with Crippen molar-refractivity contribution in [2.75, 3.05) is 6.54 Å². The fraction of sp³-hybridized carbons (Fsp3) is 0.0667. The number of benzene rings is 1. The lowest BCUT2D eigenvalue weighted by molar-refractivity contribution is -0.140. The third kappa shape index (κ3) is 2.71. The number of aliphatic carboxylic acids is 1. The third-order valence-electron chi connectivity index (χ3n) is 3.07. The molecule has 0 spiro atoms. The Labute approximate surface area is 129 Å². The summed E-state index contributed by atoms with van der Waals surface area (Å²) < 4.78 is 0. The van der Waals surface area contributed by atoms with Crippen molar-refractivity contribution >= 4 is 45.9 Å². The van der Waals surface area contributed by atoms with Gasteiger partial charge in [0.05, 0.1) is 16.1 Å². The van der Waals surface area contributed by atoms with Gasteiger partial charge in [0.2, 0.25) is 0 Å². The number of para-hydroxylation sites is 1. The van der Waals surface area contributed by atoms with Crippen molar-refractivity contribution in [3.05, 3.63) is 47.0 Å². The van der Waals surface area contributed by atoms with E-state index in [2.05, 4.69) is 4.98 Å². The first kappa shape index (κ1) is 14.3. The first-order valence-corrected chi connectivity index (χ1v) is 7.19. The second-order valence-electron chi connectivity index (χ2n) is 4.59. The molecule has 0 atom stereocenters. The van der Waals surface area contributed by atoms with E-state index in [-0.39, 0.29) is 4.91 Å². The highest BCUT2D eigenvalue weighted by Crippen LogP contribution is 2.31. The number of carbonyl (C=O) groups is 3. The predicted octanol–water partition coefficient (Wildman–Crippen LogP) is 2.36. The van der Waals surface area contributed by atoms with Crippen molar-refractivity contribution in [2.45, 2.75) is 0 Å². The molecule has 1 fully saturated rings. The number of imide groups is 1. The van der Waals surface area contributed by atoms with E-state index in [9.17, 15) is 14.4 Å². The van der Waals surface area contributed by atoms with Gasteiger partial charge in [-0.15, -0.1) is 0 Å². The Morgan fingerprint density at radius 2 is 2.00 bits per heavy atom. The molecule has 0 aliphatic carbocycles. The normalized spacial score (nSPS) is 16.7. The number of rotatable bonds is 3. The van der Waals surface area contributed by atoms with Crippen LogP contribution in [0.25, 0.3) is 17.0 Å². The first-order valence-electron chi connectivity index (χ1n) is 6.37. The second kappa shape index (κ2) is 5.61. The molecule has 2 heterocycles. The maximum atomic E-state index is 12.0. The molecule has 1 N–H and O–H groups in total. The van der Waals surface area contributed by atoms with Crippen LogP contribution in [0.15, 0.2) is 41.3 Å². The molecule has 0 bridgehead atoms. The summed E-state index contributed by atoms with van der Waals surface area (Å²) in [5, 5.41) is 9.10. The van der Waals surface area contributed by atoms with Crippen LogP contribution in [-0.4, -0.2) is 38.7 Å². The topological polar surface area (TPSA) is 87.6 Å². The molecule has 1 aromatic carbocycles. The van der Waals surface area contributed by atoms with Crippen molar-refractivity contribution in [2.24, 2.45) is 0 Å². The van der Waals surface area contributed by atoms with Gasteiger partial charge in [0.15, 0.2) is 0 Å². The van der Waals surface area contributed by atoms with Gasteiger partial charge in [-0.3, -0.25) is 19.3 Å². The Morgan fingerprint density at radius 1 is 1.23 bits per heavy atom. The summed E-state index contributed by atoms with van der Waals surface area (Å²) in [7, 11) is 0. The van der Waals surface area contributed by atoms with E-state index in [1.807, 2.05) is 30.3 Å². The summed E-state index contributed by atoms with van der Waals surface area (Å²) in [5.74, 6) is -1.83. The monoisotopic (exact) mass is 314 g/mol. The van der Waals surface area contributed by atoms with Gasteiger partial charge in [-0.05, 0) is 30.0 Å². The van der Waals surface area contributed by atoms with Gasteiger partial charge >= 0.3 is 5.97 Å². The number of carboxylic acid groups (broad SMARTS) is 1. The van der Waals surface area contributed by atoms with Gasteiger partial charge in [0.1, 0.15) is 6.54 Å². The summed E-state index contributed by atoms with van der Waals surface area (Å²) in [6, 6.07) is 11.2. The molecule has 1 aliphatic rings. The van der Waals surface area contributed by atoms with Crippen LogP contribution >= 0.6 is 11.8 Å². The van der Waals surface area contributed by atoms with Crippen LogP contribution in [0.4, 0.5) is 4.79 Å². The molecule has 22 heavy (non-hydrogen) atoms. The average Bonchev–Trinajstić information content (AvgIpc) is 2.74. The Hall–Kier alpha value is -2.67. The summed E-state index contributed by atoms with van der Waals surface area (Å²) in [6.07, 6.45) is 1.50. The second-order valence-corrected chi connectivity index (χ2v) is 5.58. The molecule has 2 amide bonds. The van der Waals surface area contributed by atoms with Crippen LogP contribution in [-0.2, 0) is 9.59 Å². The maximum absolute atomic E-state index is 12.0. The molecule has 110 valence electrons. The van der Waals surface area contributed by atoms with Crippen molar-refractivity contribution in [3.63, 3.8) is 0 Å². The number of nitrogens with zero attached hydrogens (tertiary/aromatic N) is 2. The van der Waals surface area contributed by atoms with Crippen molar-refractivity contribution in [1.82, 2.24) is 9.88 Å². The van der Waals surface area contributed by atoms with Crippen molar-refractivity contribution in [1.29, 1.82) is 0 Å². The fourth-order valence-corrected chi connectivity index (χ4v) is 2.89. The van der Waals surface area contributed by atoms with Crippen LogP contribution in [0, 0.1) is 0 Å². The lowest BCUT2D eigenvalue weighted by Gasteiger charge is -2.07. The number of carboxylic acids is 1. The number of hydrogen-bond donors (Lipinski definition) is 1. The highest BCUT2D eigenvalue weighted by atomic mass is 32.2. The molecule has 0 unspecified atom stereocenters. The zero-order valence-electron chi connectivity index (χ0n) is 11.2. The third-order valence-corrected chi connectivity index (χ3v) is 3.97. The number of amides is 2. The highest BCUT2D eigenvalue weighted by molar-refractivity contribution is 8.18. The molecule has 0 saturated carbocycles. The van der Waals surface area contributed by atoms with Gasteiger partial charge in [0.25, 0.3) is 11.1 Å². The molecule has 6 nitrogen and oxygen atoms in total. The Kier molecular flexibility index (Phi) is 3.64. The van der Waals surface area contributed by atoms with E-state index in [0.29, 0.717) is 10.6 Å². The van der Waals surface area contributed by atoms with Gasteiger partial charge in [-0.1, -0.05) is 24.3 Å². The smallest absolute Gasteiger partial charge is 0.323 e. The zero-order valence-corrected chi connectivity index (χ0v) is 12.0. The summed E-state index contributed by atoms with van der Waals surface area (Å²) >= 11 is 0.719. The number of hydrogen-bond acceptors (Lipinski definition) is 5. The van der Waals surface area contributed by atoms with E-state index in [1.54, 1.807) is 6.07 Å². The fourth-order valence-electron chi connectivity index (χ4n) is 2.07. The number of aromatic nitrogens is 1. The molecule has 1 aromatic heterocycles. The standard InChI is InChI=1S/C15H10N2O4S/c18-13(19)8-17-14(20)12(22-15(17)21)7-10-6-5-9-3-1-2-4-11(9)16-10/h1-7H,8H2,(H,18,19)/b12-7-.